The first-order valence-electron chi connectivity index (χ1n) is 4.68. The van der Waals surface area contributed by atoms with Crippen LogP contribution < -0.4 is 10.6 Å². The standard InChI is InChI=1S/C10H12N4O2/c1-14(2)10-12-9(16-13-10)6-3-4-7(11)8(15)5-6/h3-5,15H,11H2,1-2H3. The Kier molecular flexibility index (Phi) is 2.40. The molecule has 3 N–H and O–H groups in total. The van der Waals surface area contributed by atoms with Gasteiger partial charge in [0.25, 0.3) is 11.8 Å². The minimum absolute atomic E-state index is 0.00195. The van der Waals surface area contributed by atoms with E-state index in [1.165, 1.54) is 6.07 Å². The predicted octanol–water partition coefficient (Wildman–Crippen LogP) is 1.09. The minimum Gasteiger partial charge on any atom is -0.506 e. The zero-order chi connectivity index (χ0) is 11.7. The summed E-state index contributed by atoms with van der Waals surface area (Å²) in [5, 5.41) is 13.2. The maximum absolute atomic E-state index is 9.45. The lowest BCUT2D eigenvalue weighted by atomic mass is 10.2. The quantitative estimate of drug-likeness (QED) is 0.581. The normalized spacial score (nSPS) is 10.4. The molecule has 6 nitrogen and oxygen atoms in total. The van der Waals surface area contributed by atoms with Gasteiger partial charge < -0.3 is 20.3 Å². The van der Waals surface area contributed by atoms with E-state index in [-0.39, 0.29) is 5.75 Å². The Morgan fingerprint density at radius 1 is 1.38 bits per heavy atom. The van der Waals surface area contributed by atoms with Crippen molar-refractivity contribution in [3.63, 3.8) is 0 Å². The lowest BCUT2D eigenvalue weighted by molar-refractivity contribution is 0.430. The molecule has 1 aromatic heterocycles. The first kappa shape index (κ1) is 10.3. The van der Waals surface area contributed by atoms with E-state index in [9.17, 15) is 5.11 Å². The van der Waals surface area contributed by atoms with Gasteiger partial charge in [-0.3, -0.25) is 0 Å². The third kappa shape index (κ3) is 1.77. The van der Waals surface area contributed by atoms with E-state index < -0.39 is 0 Å². The van der Waals surface area contributed by atoms with E-state index in [2.05, 4.69) is 10.1 Å². The second-order valence-corrected chi connectivity index (χ2v) is 3.57. The Balaban J connectivity index is 2.39. The highest BCUT2D eigenvalue weighted by molar-refractivity contribution is 5.64. The highest BCUT2D eigenvalue weighted by atomic mass is 16.5. The number of phenols is 1. The SMILES string of the molecule is CN(C)c1noc(-c2ccc(N)c(O)c2)n1. The first-order chi connectivity index (χ1) is 7.58. The summed E-state index contributed by atoms with van der Waals surface area (Å²) in [4.78, 5) is 5.87. The van der Waals surface area contributed by atoms with Crippen LogP contribution in [0.5, 0.6) is 5.75 Å². The molecular weight excluding hydrogens is 208 g/mol. The molecular formula is C10H12N4O2. The fraction of sp³-hybridized carbons (Fsp3) is 0.200. The van der Waals surface area contributed by atoms with Gasteiger partial charge >= 0.3 is 0 Å². The molecule has 1 aromatic carbocycles. The van der Waals surface area contributed by atoms with Gasteiger partial charge in [-0.05, 0) is 23.4 Å². The average Bonchev–Trinajstić information content (AvgIpc) is 2.71. The van der Waals surface area contributed by atoms with Crippen molar-refractivity contribution < 1.29 is 9.63 Å². The average molecular weight is 220 g/mol. The maximum atomic E-state index is 9.45. The van der Waals surface area contributed by atoms with Crippen LogP contribution in [0.1, 0.15) is 0 Å². The summed E-state index contributed by atoms with van der Waals surface area (Å²) in [5.41, 5.74) is 6.44. The number of aromatic nitrogens is 2. The zero-order valence-corrected chi connectivity index (χ0v) is 9.01. The summed E-state index contributed by atoms with van der Waals surface area (Å²) in [7, 11) is 3.63. The monoisotopic (exact) mass is 220 g/mol. The van der Waals surface area contributed by atoms with Crippen molar-refractivity contribution in [1.82, 2.24) is 10.1 Å². The van der Waals surface area contributed by atoms with Crippen LogP contribution in [0.3, 0.4) is 0 Å². The minimum atomic E-state index is 0.00195. The molecule has 0 bridgehead atoms. The van der Waals surface area contributed by atoms with Crippen LogP contribution in [-0.4, -0.2) is 29.3 Å². The number of hydrogen-bond donors (Lipinski definition) is 2. The highest BCUT2D eigenvalue weighted by Crippen LogP contribution is 2.27. The lowest BCUT2D eigenvalue weighted by Gasteiger charge is -2.02. The summed E-state index contributed by atoms with van der Waals surface area (Å²) < 4.78 is 5.05. The van der Waals surface area contributed by atoms with Gasteiger partial charge in [0.05, 0.1) is 5.69 Å². The first-order valence-corrected chi connectivity index (χ1v) is 4.68. The van der Waals surface area contributed by atoms with Gasteiger partial charge in [0, 0.05) is 19.7 Å². The van der Waals surface area contributed by atoms with E-state index in [4.69, 9.17) is 10.3 Å². The van der Waals surface area contributed by atoms with Crippen LogP contribution in [0.4, 0.5) is 11.6 Å². The number of hydrogen-bond acceptors (Lipinski definition) is 6. The second-order valence-electron chi connectivity index (χ2n) is 3.57. The van der Waals surface area contributed by atoms with Crippen LogP contribution >= 0.6 is 0 Å². The third-order valence-corrected chi connectivity index (χ3v) is 2.09. The van der Waals surface area contributed by atoms with E-state index in [1.54, 1.807) is 17.0 Å². The summed E-state index contributed by atoms with van der Waals surface area (Å²) in [6.07, 6.45) is 0. The molecule has 0 saturated heterocycles. The summed E-state index contributed by atoms with van der Waals surface area (Å²) >= 11 is 0. The number of rotatable bonds is 2. The number of nitrogen functional groups attached to an aromatic ring is 1. The van der Waals surface area contributed by atoms with E-state index in [0.29, 0.717) is 23.1 Å². The highest BCUT2D eigenvalue weighted by Gasteiger charge is 2.11. The van der Waals surface area contributed by atoms with Gasteiger partial charge in [-0.1, -0.05) is 0 Å². The largest absolute Gasteiger partial charge is 0.506 e. The fourth-order valence-corrected chi connectivity index (χ4v) is 1.19. The number of anilines is 2. The van der Waals surface area contributed by atoms with Gasteiger partial charge in [0.15, 0.2) is 0 Å². The molecule has 0 unspecified atom stereocenters. The van der Waals surface area contributed by atoms with Crippen molar-refractivity contribution >= 4 is 11.6 Å². The molecule has 0 atom stereocenters. The zero-order valence-electron chi connectivity index (χ0n) is 9.01. The Morgan fingerprint density at radius 2 is 2.12 bits per heavy atom. The smallest absolute Gasteiger partial charge is 0.265 e. The molecule has 1 heterocycles. The predicted molar refractivity (Wildman–Crippen MR) is 60.1 cm³/mol. The van der Waals surface area contributed by atoms with Gasteiger partial charge in [-0.15, -0.1) is 0 Å². The maximum Gasteiger partial charge on any atom is 0.265 e. The molecule has 0 aliphatic heterocycles. The number of aromatic hydroxyl groups is 1. The second kappa shape index (κ2) is 3.73. The van der Waals surface area contributed by atoms with E-state index in [1.807, 2.05) is 14.1 Å². The molecule has 0 saturated carbocycles. The van der Waals surface area contributed by atoms with Crippen LogP contribution in [0.15, 0.2) is 22.7 Å². The van der Waals surface area contributed by atoms with Crippen LogP contribution in [0.25, 0.3) is 11.5 Å². The van der Waals surface area contributed by atoms with Gasteiger partial charge in [0.2, 0.25) is 0 Å². The Bertz CT molecular complexity index is 507. The summed E-state index contributed by atoms with van der Waals surface area (Å²) in [6.45, 7) is 0. The van der Waals surface area contributed by atoms with Gasteiger partial charge in [-0.2, -0.15) is 4.98 Å². The molecule has 0 spiro atoms. The van der Waals surface area contributed by atoms with Gasteiger partial charge in [-0.25, -0.2) is 0 Å². The van der Waals surface area contributed by atoms with E-state index >= 15 is 0 Å². The Hall–Kier alpha value is -2.24. The number of nitrogens with zero attached hydrogens (tertiary/aromatic N) is 3. The summed E-state index contributed by atoms with van der Waals surface area (Å²) in [6, 6.07) is 4.79. The van der Waals surface area contributed by atoms with Crippen molar-refractivity contribution in [2.45, 2.75) is 0 Å². The molecule has 6 heteroatoms. The molecule has 2 aromatic rings. The number of benzene rings is 1. The number of phenolic OH excluding ortho intramolecular Hbond substituents is 1. The lowest BCUT2D eigenvalue weighted by Crippen LogP contribution is -2.09. The van der Waals surface area contributed by atoms with Crippen LogP contribution in [-0.2, 0) is 0 Å². The molecule has 0 fully saturated rings. The van der Waals surface area contributed by atoms with Crippen molar-refractivity contribution in [3.8, 4) is 17.2 Å². The number of nitrogens with two attached hydrogens (primary N) is 1. The van der Waals surface area contributed by atoms with E-state index in [0.717, 1.165) is 0 Å². The molecule has 84 valence electrons. The van der Waals surface area contributed by atoms with Crippen LogP contribution in [0, 0.1) is 0 Å². The van der Waals surface area contributed by atoms with Crippen LogP contribution in [0.2, 0.25) is 0 Å². The summed E-state index contributed by atoms with van der Waals surface area (Å²) in [5.74, 6) is 0.826. The molecule has 0 aliphatic rings. The Morgan fingerprint density at radius 3 is 2.69 bits per heavy atom. The molecule has 16 heavy (non-hydrogen) atoms. The molecule has 0 radical (unpaired) electrons. The van der Waals surface area contributed by atoms with Crippen molar-refractivity contribution in [3.05, 3.63) is 18.2 Å². The fourth-order valence-electron chi connectivity index (χ4n) is 1.19. The Labute approximate surface area is 92.3 Å². The van der Waals surface area contributed by atoms with Gasteiger partial charge in [0.1, 0.15) is 5.75 Å². The van der Waals surface area contributed by atoms with Crippen molar-refractivity contribution in [2.24, 2.45) is 0 Å². The van der Waals surface area contributed by atoms with Crippen molar-refractivity contribution in [1.29, 1.82) is 0 Å². The molecule has 0 aliphatic carbocycles. The van der Waals surface area contributed by atoms with Crippen molar-refractivity contribution in [2.75, 3.05) is 24.7 Å². The topological polar surface area (TPSA) is 88.4 Å². The molecule has 0 amide bonds. The molecule has 2 rings (SSSR count). The third-order valence-electron chi connectivity index (χ3n) is 2.09.